The molecule has 0 bridgehead atoms. The molecule has 0 saturated heterocycles. The van der Waals surface area contributed by atoms with Gasteiger partial charge in [-0.15, -0.1) is 0 Å². The highest BCUT2D eigenvalue weighted by Gasteiger charge is 2.22. The monoisotopic (exact) mass is 395 g/mol. The quantitative estimate of drug-likeness (QED) is 0.776. The molecule has 0 radical (unpaired) electrons. The fraction of sp³-hybridized carbons (Fsp3) is 0.391. The number of methoxy groups -OCH3 is 1. The number of carbonyl (C=O) groups excluding carboxylic acids is 2. The Balaban J connectivity index is 1.69. The van der Waals surface area contributed by atoms with Gasteiger partial charge in [-0.25, -0.2) is 0 Å². The summed E-state index contributed by atoms with van der Waals surface area (Å²) in [6.45, 7) is 6.58. The molecule has 6 nitrogen and oxygen atoms in total. The summed E-state index contributed by atoms with van der Waals surface area (Å²) < 4.78 is 5.30. The largest absolute Gasteiger partial charge is 0.497 e. The molecule has 2 amide bonds. The van der Waals surface area contributed by atoms with Gasteiger partial charge >= 0.3 is 0 Å². The van der Waals surface area contributed by atoms with Crippen molar-refractivity contribution in [1.29, 1.82) is 0 Å². The summed E-state index contributed by atoms with van der Waals surface area (Å²) in [6.07, 6.45) is 1.88. The van der Waals surface area contributed by atoms with E-state index in [0.29, 0.717) is 6.54 Å². The van der Waals surface area contributed by atoms with E-state index in [1.54, 1.807) is 7.11 Å². The summed E-state index contributed by atoms with van der Waals surface area (Å²) >= 11 is 0. The number of fused-ring (bicyclic) bond motifs is 1. The minimum atomic E-state index is -0.0907. The number of rotatable bonds is 6. The second-order valence-corrected chi connectivity index (χ2v) is 7.67. The molecule has 0 aromatic heterocycles. The van der Waals surface area contributed by atoms with E-state index in [0.717, 1.165) is 46.8 Å². The molecular weight excluding hydrogens is 366 g/mol. The molecule has 0 aliphatic carbocycles. The van der Waals surface area contributed by atoms with Gasteiger partial charge in [0.1, 0.15) is 5.75 Å². The molecule has 0 spiro atoms. The van der Waals surface area contributed by atoms with Crippen LogP contribution >= 0.6 is 0 Å². The van der Waals surface area contributed by atoms with Gasteiger partial charge in [-0.05, 0) is 61.2 Å². The molecule has 2 aromatic carbocycles. The average Bonchev–Trinajstić information content (AvgIpc) is 2.72. The number of benzene rings is 2. The Morgan fingerprint density at radius 3 is 2.69 bits per heavy atom. The third-order valence-electron chi connectivity index (χ3n) is 5.17. The second-order valence-electron chi connectivity index (χ2n) is 7.67. The van der Waals surface area contributed by atoms with Crippen molar-refractivity contribution in [2.45, 2.75) is 33.6 Å². The minimum absolute atomic E-state index is 0.0205. The zero-order valence-corrected chi connectivity index (χ0v) is 17.5. The summed E-state index contributed by atoms with van der Waals surface area (Å²) in [4.78, 5) is 26.7. The van der Waals surface area contributed by atoms with E-state index >= 15 is 0 Å². The molecular formula is C23H29N3O3. The maximum atomic E-state index is 12.9. The van der Waals surface area contributed by atoms with Gasteiger partial charge in [-0.3, -0.25) is 9.59 Å². The highest BCUT2D eigenvalue weighted by atomic mass is 16.5. The Kier molecular flexibility index (Phi) is 6.42. The van der Waals surface area contributed by atoms with Gasteiger partial charge in [-0.1, -0.05) is 19.9 Å². The Hall–Kier alpha value is -3.02. The first-order chi connectivity index (χ1) is 13.9. The standard InChI is InChI=1S/C23H29N3O3/c1-15(2)23(28)25-18-8-7-16(3)20(13-18)24-14-22(27)26-11-5-6-17-12-19(29-4)9-10-21(17)26/h7-10,12-13,15,24H,5-6,11,14H2,1-4H3,(H,25,28). The van der Waals surface area contributed by atoms with Crippen molar-refractivity contribution in [2.24, 2.45) is 5.92 Å². The van der Waals surface area contributed by atoms with E-state index in [1.165, 1.54) is 0 Å². The average molecular weight is 396 g/mol. The van der Waals surface area contributed by atoms with Crippen molar-refractivity contribution in [2.75, 3.05) is 35.7 Å². The highest BCUT2D eigenvalue weighted by molar-refractivity contribution is 5.97. The molecule has 1 aliphatic rings. The van der Waals surface area contributed by atoms with Gasteiger partial charge < -0.3 is 20.3 Å². The SMILES string of the molecule is COc1ccc2c(c1)CCCN2C(=O)CNc1cc(NC(=O)C(C)C)ccc1C. The first-order valence-electron chi connectivity index (χ1n) is 10.0. The van der Waals surface area contributed by atoms with Gasteiger partial charge in [0.2, 0.25) is 11.8 Å². The predicted octanol–water partition coefficient (Wildman–Crippen LogP) is 3.99. The number of ether oxygens (including phenoxy) is 1. The van der Waals surface area contributed by atoms with Crippen molar-refractivity contribution in [3.05, 3.63) is 47.5 Å². The Morgan fingerprint density at radius 1 is 1.17 bits per heavy atom. The Bertz CT molecular complexity index is 908. The number of nitrogens with zero attached hydrogens (tertiary/aromatic N) is 1. The Morgan fingerprint density at radius 2 is 1.97 bits per heavy atom. The normalized spacial score (nSPS) is 13.1. The van der Waals surface area contributed by atoms with Crippen LogP contribution in [0.1, 0.15) is 31.4 Å². The van der Waals surface area contributed by atoms with Gasteiger partial charge in [0.25, 0.3) is 0 Å². The lowest BCUT2D eigenvalue weighted by Gasteiger charge is -2.30. The number of amides is 2. The lowest BCUT2D eigenvalue weighted by atomic mass is 10.0. The number of aryl methyl sites for hydroxylation is 2. The molecule has 3 rings (SSSR count). The molecule has 0 unspecified atom stereocenters. The van der Waals surface area contributed by atoms with Crippen LogP contribution in [-0.4, -0.2) is 32.0 Å². The zero-order chi connectivity index (χ0) is 21.0. The molecule has 1 heterocycles. The van der Waals surface area contributed by atoms with Crippen LogP contribution in [0.5, 0.6) is 5.75 Å². The number of nitrogens with one attached hydrogen (secondary N) is 2. The van der Waals surface area contributed by atoms with Gasteiger partial charge in [0.15, 0.2) is 0 Å². The highest BCUT2D eigenvalue weighted by Crippen LogP contribution is 2.30. The van der Waals surface area contributed by atoms with Crippen LogP contribution in [0, 0.1) is 12.8 Å². The van der Waals surface area contributed by atoms with Gasteiger partial charge in [-0.2, -0.15) is 0 Å². The van der Waals surface area contributed by atoms with Crippen molar-refractivity contribution >= 4 is 28.9 Å². The number of anilines is 3. The molecule has 154 valence electrons. The summed E-state index contributed by atoms with van der Waals surface area (Å²) in [5, 5.41) is 6.14. The third-order valence-corrected chi connectivity index (χ3v) is 5.17. The van der Waals surface area contributed by atoms with E-state index < -0.39 is 0 Å². The summed E-state index contributed by atoms with van der Waals surface area (Å²) in [6, 6.07) is 11.5. The van der Waals surface area contributed by atoms with Crippen LogP contribution in [-0.2, 0) is 16.0 Å². The van der Waals surface area contributed by atoms with Crippen molar-refractivity contribution in [3.8, 4) is 5.75 Å². The molecule has 1 aliphatic heterocycles. The van der Waals surface area contributed by atoms with Crippen molar-refractivity contribution < 1.29 is 14.3 Å². The number of hydrogen-bond acceptors (Lipinski definition) is 4. The fourth-order valence-electron chi connectivity index (χ4n) is 3.40. The Labute approximate surface area is 172 Å². The molecule has 0 saturated carbocycles. The van der Waals surface area contributed by atoms with Crippen LogP contribution in [0.15, 0.2) is 36.4 Å². The summed E-state index contributed by atoms with van der Waals surface area (Å²) in [5.74, 6) is 0.711. The second kappa shape index (κ2) is 8.99. The maximum absolute atomic E-state index is 12.9. The smallest absolute Gasteiger partial charge is 0.246 e. The molecule has 2 N–H and O–H groups in total. The predicted molar refractivity (Wildman–Crippen MR) is 117 cm³/mol. The van der Waals surface area contributed by atoms with Crippen LogP contribution in [0.25, 0.3) is 0 Å². The number of carbonyl (C=O) groups is 2. The zero-order valence-electron chi connectivity index (χ0n) is 17.5. The van der Waals surface area contributed by atoms with E-state index in [-0.39, 0.29) is 24.3 Å². The summed E-state index contributed by atoms with van der Waals surface area (Å²) in [5.41, 5.74) is 4.67. The first-order valence-corrected chi connectivity index (χ1v) is 10.0. The molecule has 6 heteroatoms. The molecule has 0 atom stereocenters. The van der Waals surface area contributed by atoms with E-state index in [9.17, 15) is 9.59 Å². The maximum Gasteiger partial charge on any atom is 0.246 e. The lowest BCUT2D eigenvalue weighted by Crippen LogP contribution is -2.39. The van der Waals surface area contributed by atoms with Crippen molar-refractivity contribution in [1.82, 2.24) is 0 Å². The van der Waals surface area contributed by atoms with E-state index in [2.05, 4.69) is 10.6 Å². The van der Waals surface area contributed by atoms with Crippen LogP contribution in [0.4, 0.5) is 17.1 Å². The van der Waals surface area contributed by atoms with Gasteiger partial charge in [0.05, 0.1) is 13.7 Å². The van der Waals surface area contributed by atoms with Crippen molar-refractivity contribution in [3.63, 3.8) is 0 Å². The molecule has 2 aromatic rings. The molecule has 0 fully saturated rings. The van der Waals surface area contributed by atoms with Crippen LogP contribution < -0.4 is 20.3 Å². The summed E-state index contributed by atoms with van der Waals surface area (Å²) in [7, 11) is 1.65. The van der Waals surface area contributed by atoms with Crippen LogP contribution in [0.3, 0.4) is 0 Å². The topological polar surface area (TPSA) is 70.7 Å². The van der Waals surface area contributed by atoms with E-state index in [1.807, 2.05) is 62.1 Å². The molecule has 29 heavy (non-hydrogen) atoms. The van der Waals surface area contributed by atoms with Crippen LogP contribution in [0.2, 0.25) is 0 Å². The third kappa shape index (κ3) is 4.88. The van der Waals surface area contributed by atoms with E-state index in [4.69, 9.17) is 4.74 Å². The first kappa shape index (κ1) is 20.7. The van der Waals surface area contributed by atoms with Gasteiger partial charge in [0, 0.05) is 29.5 Å². The fourth-order valence-corrected chi connectivity index (χ4v) is 3.40. The number of hydrogen-bond donors (Lipinski definition) is 2. The minimum Gasteiger partial charge on any atom is -0.497 e. The lowest BCUT2D eigenvalue weighted by molar-refractivity contribution is -0.119.